The Labute approximate surface area is 90.8 Å². The van der Waals surface area contributed by atoms with Gasteiger partial charge < -0.3 is 9.67 Å². The molecular weight excluding hydrogens is 212 g/mol. The smallest absolute Gasteiger partial charge is 0.337 e. The molecule has 0 bridgehead atoms. The molecule has 0 unspecified atom stereocenters. The van der Waals surface area contributed by atoms with E-state index in [2.05, 4.69) is 4.98 Å². The van der Waals surface area contributed by atoms with Crippen molar-refractivity contribution in [2.45, 2.75) is 13.5 Å². The van der Waals surface area contributed by atoms with Crippen LogP contribution < -0.4 is 0 Å². The third-order valence-corrected chi connectivity index (χ3v) is 3.03. The second-order valence-corrected chi connectivity index (χ2v) is 4.15. The van der Waals surface area contributed by atoms with Crippen LogP contribution in [0.1, 0.15) is 21.1 Å². The van der Waals surface area contributed by atoms with Gasteiger partial charge in [0, 0.05) is 23.5 Å². The Bertz CT molecular complexity index is 474. The van der Waals surface area contributed by atoms with E-state index in [4.69, 9.17) is 5.11 Å². The molecule has 0 aliphatic heterocycles. The molecule has 2 aromatic heterocycles. The van der Waals surface area contributed by atoms with E-state index in [1.54, 1.807) is 36.7 Å². The maximum absolute atomic E-state index is 10.8. The maximum Gasteiger partial charge on any atom is 0.337 e. The van der Waals surface area contributed by atoms with E-state index in [1.165, 1.54) is 0 Å². The molecule has 1 N–H and O–H groups in total. The summed E-state index contributed by atoms with van der Waals surface area (Å²) < 4.78 is 1.89. The van der Waals surface area contributed by atoms with Crippen LogP contribution in [0.5, 0.6) is 0 Å². The molecule has 2 aromatic rings. The third kappa shape index (κ3) is 1.92. The second-order valence-electron chi connectivity index (χ2n) is 3.17. The number of nitrogens with zero attached hydrogens (tertiary/aromatic N) is 2. The molecule has 0 aliphatic rings. The van der Waals surface area contributed by atoms with Gasteiger partial charge in [-0.25, -0.2) is 9.78 Å². The lowest BCUT2D eigenvalue weighted by atomic mass is 10.2. The summed E-state index contributed by atoms with van der Waals surface area (Å²) in [5.41, 5.74) is 1.12. The standard InChI is InChI=1S/C10H10N2O2S/c1-7-8(10(13)14)2-4-12(7)6-9-11-3-5-15-9/h2-5H,6H2,1H3,(H,13,14). The molecule has 0 aromatic carbocycles. The number of hydrogen-bond acceptors (Lipinski definition) is 3. The fourth-order valence-corrected chi connectivity index (χ4v) is 2.04. The zero-order chi connectivity index (χ0) is 10.8. The van der Waals surface area contributed by atoms with Crippen molar-refractivity contribution < 1.29 is 9.90 Å². The largest absolute Gasteiger partial charge is 0.478 e. The van der Waals surface area contributed by atoms with E-state index in [-0.39, 0.29) is 0 Å². The summed E-state index contributed by atoms with van der Waals surface area (Å²) in [7, 11) is 0. The first-order valence-corrected chi connectivity index (χ1v) is 5.34. The summed E-state index contributed by atoms with van der Waals surface area (Å²) in [5.74, 6) is -0.884. The van der Waals surface area contributed by atoms with Gasteiger partial charge in [0.15, 0.2) is 0 Å². The summed E-state index contributed by atoms with van der Waals surface area (Å²) in [6.45, 7) is 2.44. The monoisotopic (exact) mass is 222 g/mol. The quantitative estimate of drug-likeness (QED) is 0.864. The summed E-state index contributed by atoms with van der Waals surface area (Å²) in [6, 6.07) is 1.62. The Kier molecular flexibility index (Phi) is 2.55. The molecule has 0 saturated heterocycles. The molecule has 2 heterocycles. The van der Waals surface area contributed by atoms with Gasteiger partial charge >= 0.3 is 5.97 Å². The molecule has 0 spiro atoms. The molecule has 0 saturated carbocycles. The van der Waals surface area contributed by atoms with Crippen LogP contribution in [0.2, 0.25) is 0 Å². The average molecular weight is 222 g/mol. The van der Waals surface area contributed by atoms with Crippen molar-refractivity contribution in [2.24, 2.45) is 0 Å². The van der Waals surface area contributed by atoms with Crippen molar-refractivity contribution in [3.8, 4) is 0 Å². The summed E-state index contributed by atoms with van der Waals surface area (Å²) in [4.78, 5) is 15.0. The van der Waals surface area contributed by atoms with Crippen LogP contribution in [-0.2, 0) is 6.54 Å². The number of carboxylic acid groups (broad SMARTS) is 1. The van der Waals surface area contributed by atoms with Crippen molar-refractivity contribution >= 4 is 17.3 Å². The summed E-state index contributed by atoms with van der Waals surface area (Å²) >= 11 is 1.56. The van der Waals surface area contributed by atoms with Gasteiger partial charge in [-0.2, -0.15) is 0 Å². The maximum atomic E-state index is 10.8. The Morgan fingerprint density at radius 1 is 1.67 bits per heavy atom. The highest BCUT2D eigenvalue weighted by molar-refractivity contribution is 7.09. The van der Waals surface area contributed by atoms with Crippen molar-refractivity contribution in [3.63, 3.8) is 0 Å². The molecule has 0 radical (unpaired) electrons. The Balaban J connectivity index is 2.27. The van der Waals surface area contributed by atoms with Crippen LogP contribution in [0, 0.1) is 6.92 Å². The van der Waals surface area contributed by atoms with Crippen LogP contribution in [0.4, 0.5) is 0 Å². The summed E-state index contributed by atoms with van der Waals surface area (Å²) in [5, 5.41) is 11.8. The predicted molar refractivity (Wildman–Crippen MR) is 57.3 cm³/mol. The van der Waals surface area contributed by atoms with Gasteiger partial charge in [-0.3, -0.25) is 0 Å². The lowest BCUT2D eigenvalue weighted by Gasteiger charge is -2.03. The molecule has 0 amide bonds. The number of aromatic carboxylic acids is 1. The molecule has 15 heavy (non-hydrogen) atoms. The fraction of sp³-hybridized carbons (Fsp3) is 0.200. The van der Waals surface area contributed by atoms with Gasteiger partial charge in [0.1, 0.15) is 5.01 Å². The highest BCUT2D eigenvalue weighted by Gasteiger charge is 2.11. The van der Waals surface area contributed by atoms with Crippen molar-refractivity contribution in [1.82, 2.24) is 9.55 Å². The summed E-state index contributed by atoms with van der Waals surface area (Å²) in [6.07, 6.45) is 3.52. The Morgan fingerprint density at radius 2 is 2.47 bits per heavy atom. The zero-order valence-electron chi connectivity index (χ0n) is 8.17. The minimum Gasteiger partial charge on any atom is -0.478 e. The van der Waals surface area contributed by atoms with Crippen LogP contribution in [-0.4, -0.2) is 20.6 Å². The van der Waals surface area contributed by atoms with E-state index in [1.807, 2.05) is 9.95 Å². The molecule has 78 valence electrons. The Hall–Kier alpha value is -1.62. The van der Waals surface area contributed by atoms with E-state index in [0.717, 1.165) is 10.7 Å². The average Bonchev–Trinajstić information content (AvgIpc) is 2.78. The minimum atomic E-state index is -0.884. The molecule has 5 heteroatoms. The second kappa shape index (κ2) is 3.86. The topological polar surface area (TPSA) is 55.1 Å². The molecule has 4 nitrogen and oxygen atoms in total. The Morgan fingerprint density at radius 3 is 3.00 bits per heavy atom. The van der Waals surface area contributed by atoms with E-state index >= 15 is 0 Å². The predicted octanol–water partition coefficient (Wildman–Crippen LogP) is 2.00. The number of carbonyl (C=O) groups is 1. The number of thiazole rings is 1. The highest BCUT2D eigenvalue weighted by atomic mass is 32.1. The van der Waals surface area contributed by atoms with E-state index < -0.39 is 5.97 Å². The zero-order valence-corrected chi connectivity index (χ0v) is 8.99. The number of rotatable bonds is 3. The molecule has 2 rings (SSSR count). The molecule has 0 fully saturated rings. The first-order chi connectivity index (χ1) is 7.18. The number of carboxylic acids is 1. The van der Waals surface area contributed by atoms with Crippen LogP contribution in [0.15, 0.2) is 23.8 Å². The number of aromatic nitrogens is 2. The minimum absolute atomic E-state index is 0.353. The van der Waals surface area contributed by atoms with Gasteiger partial charge in [0.05, 0.1) is 12.1 Å². The molecular formula is C10H10N2O2S. The first kappa shape index (κ1) is 9.92. The van der Waals surface area contributed by atoms with Crippen LogP contribution >= 0.6 is 11.3 Å². The SMILES string of the molecule is Cc1c(C(=O)O)ccn1Cc1nccs1. The van der Waals surface area contributed by atoms with Crippen LogP contribution in [0.3, 0.4) is 0 Å². The third-order valence-electron chi connectivity index (χ3n) is 2.26. The first-order valence-electron chi connectivity index (χ1n) is 4.46. The van der Waals surface area contributed by atoms with Crippen molar-refractivity contribution in [3.05, 3.63) is 40.1 Å². The lowest BCUT2D eigenvalue weighted by Crippen LogP contribution is -2.03. The number of hydrogen-bond donors (Lipinski definition) is 1. The lowest BCUT2D eigenvalue weighted by molar-refractivity contribution is 0.0696. The molecule has 0 atom stereocenters. The highest BCUT2D eigenvalue weighted by Crippen LogP contribution is 2.13. The van der Waals surface area contributed by atoms with Crippen molar-refractivity contribution in [2.75, 3.05) is 0 Å². The van der Waals surface area contributed by atoms with Gasteiger partial charge in [-0.15, -0.1) is 11.3 Å². The van der Waals surface area contributed by atoms with Gasteiger partial charge in [-0.1, -0.05) is 0 Å². The normalized spacial score (nSPS) is 10.5. The van der Waals surface area contributed by atoms with E-state index in [9.17, 15) is 4.79 Å². The van der Waals surface area contributed by atoms with Crippen molar-refractivity contribution in [1.29, 1.82) is 0 Å². The van der Waals surface area contributed by atoms with Crippen LogP contribution in [0.25, 0.3) is 0 Å². The van der Waals surface area contributed by atoms with E-state index in [0.29, 0.717) is 12.1 Å². The van der Waals surface area contributed by atoms with Gasteiger partial charge in [0.2, 0.25) is 0 Å². The molecule has 0 aliphatic carbocycles. The fourth-order valence-electron chi connectivity index (χ4n) is 1.43. The van der Waals surface area contributed by atoms with Gasteiger partial charge in [-0.05, 0) is 13.0 Å². The van der Waals surface area contributed by atoms with Gasteiger partial charge in [0.25, 0.3) is 0 Å².